The van der Waals surface area contributed by atoms with E-state index < -0.39 is 43.7 Å². The SMILES string of the molecule is [2H]C1([2H])N(c2cc(C)cc(Nc3ncn(-c4cc(F)cc(F)c4)n3)c2)C([2H])([2H])C([2H])([2H])N(C2COC2)C1([2H])[2H]. The third-order valence-electron chi connectivity index (χ3n) is 4.73. The molecule has 1 aromatic heterocycles. The summed E-state index contributed by atoms with van der Waals surface area (Å²) in [4.78, 5) is 5.14. The van der Waals surface area contributed by atoms with Gasteiger partial charge in [0.1, 0.15) is 18.0 Å². The summed E-state index contributed by atoms with van der Waals surface area (Å²) in [5.41, 5.74) is 0.731. The number of hydrogen-bond acceptors (Lipinski definition) is 6. The molecule has 3 heterocycles. The second-order valence-corrected chi connectivity index (χ2v) is 7.17. The van der Waals surface area contributed by atoms with Crippen molar-refractivity contribution in [2.24, 2.45) is 0 Å². The highest BCUT2D eigenvalue weighted by molar-refractivity contribution is 5.64. The Morgan fingerprint density at radius 2 is 1.74 bits per heavy atom. The van der Waals surface area contributed by atoms with Crippen molar-refractivity contribution in [3.05, 3.63) is 59.9 Å². The predicted octanol–water partition coefficient (Wildman–Crippen LogP) is 3.12. The van der Waals surface area contributed by atoms with Gasteiger partial charge in [-0.25, -0.2) is 13.5 Å². The van der Waals surface area contributed by atoms with Crippen LogP contribution in [0.2, 0.25) is 0 Å². The second-order valence-electron chi connectivity index (χ2n) is 7.17. The van der Waals surface area contributed by atoms with Crippen molar-refractivity contribution in [3.8, 4) is 5.69 Å². The molecule has 2 aromatic carbocycles. The number of anilines is 3. The van der Waals surface area contributed by atoms with Crippen molar-refractivity contribution >= 4 is 17.3 Å². The number of rotatable bonds is 5. The minimum Gasteiger partial charge on any atom is -0.378 e. The lowest BCUT2D eigenvalue weighted by atomic mass is 10.1. The van der Waals surface area contributed by atoms with Gasteiger partial charge in [0.15, 0.2) is 0 Å². The van der Waals surface area contributed by atoms with Crippen molar-refractivity contribution in [2.75, 3.05) is 49.4 Å². The fourth-order valence-corrected chi connectivity index (χ4v) is 3.16. The minimum atomic E-state index is -3.02. The van der Waals surface area contributed by atoms with Crippen molar-refractivity contribution in [2.45, 2.75) is 13.0 Å². The maximum absolute atomic E-state index is 13.6. The third-order valence-corrected chi connectivity index (χ3v) is 4.73. The first-order chi connectivity index (χ1) is 18.1. The molecule has 0 spiro atoms. The van der Waals surface area contributed by atoms with E-state index in [0.29, 0.717) is 15.4 Å². The van der Waals surface area contributed by atoms with Crippen molar-refractivity contribution in [3.63, 3.8) is 0 Å². The first kappa shape index (κ1) is 12.7. The number of halogens is 2. The second kappa shape index (κ2) is 8.24. The molecular weight excluding hydrogens is 402 g/mol. The number of nitrogens with one attached hydrogen (secondary N) is 1. The van der Waals surface area contributed by atoms with E-state index >= 15 is 0 Å². The fourth-order valence-electron chi connectivity index (χ4n) is 3.16. The Hall–Kier alpha value is -3.04. The Labute approximate surface area is 190 Å². The Bertz CT molecular complexity index is 1370. The molecule has 2 fully saturated rings. The van der Waals surface area contributed by atoms with Crippen molar-refractivity contribution in [1.82, 2.24) is 19.7 Å². The topological polar surface area (TPSA) is 58.5 Å². The van der Waals surface area contributed by atoms with Crippen LogP contribution in [0.1, 0.15) is 16.5 Å². The van der Waals surface area contributed by atoms with Crippen LogP contribution in [-0.4, -0.2) is 64.9 Å². The van der Waals surface area contributed by atoms with Gasteiger partial charge >= 0.3 is 0 Å². The Balaban J connectivity index is 1.51. The Kier molecular flexibility index (Phi) is 3.38. The first-order valence-electron chi connectivity index (χ1n) is 13.5. The summed E-state index contributed by atoms with van der Waals surface area (Å²) in [5, 5.41) is 7.01. The largest absolute Gasteiger partial charge is 0.378 e. The molecule has 0 radical (unpaired) electrons. The highest BCUT2D eigenvalue weighted by Crippen LogP contribution is 2.26. The van der Waals surface area contributed by atoms with Crippen molar-refractivity contribution in [1.29, 1.82) is 0 Å². The lowest BCUT2D eigenvalue weighted by Gasteiger charge is -2.43. The molecule has 0 saturated carbocycles. The average molecular weight is 435 g/mol. The van der Waals surface area contributed by atoms with Crippen LogP contribution in [0.15, 0.2) is 42.7 Å². The molecule has 1 N–H and O–H groups in total. The smallest absolute Gasteiger partial charge is 0.246 e. The number of aromatic nitrogens is 3. The van der Waals surface area contributed by atoms with E-state index in [1.807, 2.05) is 0 Å². The molecule has 0 atom stereocenters. The summed E-state index contributed by atoms with van der Waals surface area (Å²) < 4.78 is 103. The van der Waals surface area contributed by atoms with E-state index in [4.69, 9.17) is 15.7 Å². The summed E-state index contributed by atoms with van der Waals surface area (Å²) >= 11 is 0. The summed E-state index contributed by atoms with van der Waals surface area (Å²) in [6.45, 7) is -10.4. The van der Waals surface area contributed by atoms with Crippen LogP contribution >= 0.6 is 0 Å². The van der Waals surface area contributed by atoms with E-state index in [1.165, 1.54) is 18.5 Å². The van der Waals surface area contributed by atoms with Gasteiger partial charge in [-0.3, -0.25) is 4.90 Å². The van der Waals surface area contributed by atoms with Gasteiger partial charge in [-0.2, -0.15) is 4.98 Å². The Morgan fingerprint density at radius 1 is 1.00 bits per heavy atom. The molecule has 3 aromatic rings. The molecular formula is C22H24F2N6O. The standard InChI is InChI=1S/C22H24F2N6O/c1-15-6-18(11-19(7-15)28-2-4-29(5-3-28)21-12-31-13-21)26-22-25-14-30(27-22)20-9-16(23)8-17(24)10-20/h6-11,14,21H,2-5,12-13H2,1H3,(H,26,27)/i2D2,3D2,4D2,5D2. The van der Waals surface area contributed by atoms with Crippen LogP contribution in [0.3, 0.4) is 0 Å². The van der Waals surface area contributed by atoms with E-state index in [9.17, 15) is 8.78 Å². The molecule has 0 bridgehead atoms. The number of ether oxygens (including phenoxy) is 1. The van der Waals surface area contributed by atoms with E-state index in [1.54, 1.807) is 13.0 Å². The van der Waals surface area contributed by atoms with Gasteiger partial charge in [-0.1, -0.05) is 0 Å². The van der Waals surface area contributed by atoms with E-state index in [2.05, 4.69) is 15.4 Å². The van der Waals surface area contributed by atoms with Gasteiger partial charge in [-0.15, -0.1) is 5.10 Å². The first-order valence-corrected chi connectivity index (χ1v) is 9.50. The zero-order chi connectivity index (χ0) is 28.5. The molecule has 0 unspecified atom stereocenters. The summed E-state index contributed by atoms with van der Waals surface area (Å²) in [7, 11) is 0. The molecule has 7 nitrogen and oxygen atoms in total. The normalized spacial score (nSPS) is 27.9. The molecule has 2 aliphatic heterocycles. The number of benzene rings is 2. The number of piperazine rings is 1. The van der Waals surface area contributed by atoms with E-state index in [-0.39, 0.29) is 36.2 Å². The quantitative estimate of drug-likeness (QED) is 0.666. The molecule has 2 aliphatic rings. The predicted molar refractivity (Wildman–Crippen MR) is 114 cm³/mol. The zero-order valence-electron chi connectivity index (χ0n) is 24.4. The van der Waals surface area contributed by atoms with Gasteiger partial charge < -0.3 is 15.0 Å². The molecule has 2 saturated heterocycles. The highest BCUT2D eigenvalue weighted by Gasteiger charge is 2.29. The zero-order valence-corrected chi connectivity index (χ0v) is 16.4. The molecule has 0 amide bonds. The van der Waals surface area contributed by atoms with Crippen LogP contribution in [0.5, 0.6) is 0 Å². The van der Waals surface area contributed by atoms with Gasteiger partial charge in [0.25, 0.3) is 0 Å². The lowest BCUT2D eigenvalue weighted by molar-refractivity contribution is -0.0660. The molecule has 31 heavy (non-hydrogen) atoms. The number of hydrogen-bond donors (Lipinski definition) is 1. The molecule has 0 aliphatic carbocycles. The van der Waals surface area contributed by atoms with Gasteiger partial charge in [0, 0.05) is 48.9 Å². The highest BCUT2D eigenvalue weighted by atomic mass is 19.1. The molecule has 9 heteroatoms. The minimum absolute atomic E-state index is 0.00250. The van der Waals surface area contributed by atoms with Gasteiger partial charge in [0.2, 0.25) is 5.95 Å². The monoisotopic (exact) mass is 434 g/mol. The van der Waals surface area contributed by atoms with E-state index in [0.717, 1.165) is 22.9 Å². The van der Waals surface area contributed by atoms with Crippen LogP contribution in [0.25, 0.3) is 5.69 Å². The molecule has 162 valence electrons. The average Bonchev–Trinajstić information content (AvgIpc) is 3.22. The van der Waals surface area contributed by atoms with Crippen LogP contribution in [0.4, 0.5) is 26.1 Å². The van der Waals surface area contributed by atoms with Gasteiger partial charge in [0.05, 0.1) is 30.4 Å². The maximum Gasteiger partial charge on any atom is 0.246 e. The van der Waals surface area contributed by atoms with Gasteiger partial charge in [-0.05, 0) is 42.8 Å². The third kappa shape index (κ3) is 4.38. The fraction of sp³-hybridized carbons (Fsp3) is 0.364. The summed E-state index contributed by atoms with van der Waals surface area (Å²) in [5.74, 6) is -1.60. The lowest BCUT2D eigenvalue weighted by Crippen LogP contribution is -2.56. The molecule has 5 rings (SSSR count). The van der Waals surface area contributed by atoms with Crippen LogP contribution in [0, 0.1) is 18.6 Å². The summed E-state index contributed by atoms with van der Waals surface area (Å²) in [6.07, 6.45) is 1.22. The van der Waals surface area contributed by atoms with Crippen LogP contribution < -0.4 is 10.2 Å². The van der Waals surface area contributed by atoms with Crippen molar-refractivity contribution < 1.29 is 24.5 Å². The number of nitrogens with zero attached hydrogens (tertiary/aromatic N) is 5. The maximum atomic E-state index is 13.6. The summed E-state index contributed by atoms with van der Waals surface area (Å²) in [6, 6.07) is 6.35. The Morgan fingerprint density at radius 3 is 2.42 bits per heavy atom. The van der Waals surface area contributed by atoms with Crippen LogP contribution in [-0.2, 0) is 4.74 Å². The number of aryl methyl sites for hydroxylation is 1.